The minimum absolute atomic E-state index is 0.0294. The number of ether oxygens (including phenoxy) is 2. The monoisotopic (exact) mass is 564 g/mol. The highest BCUT2D eigenvalue weighted by Gasteiger charge is 2.44. The smallest absolute Gasteiger partial charge is 0.410 e. The zero-order valence-electron chi connectivity index (χ0n) is 25.6. The number of fused-ring (bicyclic) bond motifs is 3. The molecule has 1 saturated carbocycles. The molecule has 220 valence electrons. The van der Waals surface area contributed by atoms with Crippen LogP contribution in [-0.4, -0.2) is 28.6 Å². The maximum absolute atomic E-state index is 14.0. The van der Waals surface area contributed by atoms with Crippen molar-refractivity contribution in [1.29, 1.82) is 0 Å². The minimum atomic E-state index is -0.176. The van der Waals surface area contributed by atoms with E-state index in [0.717, 1.165) is 42.7 Å². The van der Waals surface area contributed by atoms with Crippen molar-refractivity contribution in [2.24, 2.45) is 17.8 Å². The summed E-state index contributed by atoms with van der Waals surface area (Å²) in [5.74, 6) is 2.67. The van der Waals surface area contributed by atoms with E-state index < -0.39 is 0 Å². The summed E-state index contributed by atoms with van der Waals surface area (Å²) in [6.45, 7) is 12.0. The lowest BCUT2D eigenvalue weighted by molar-refractivity contribution is -0.0268. The third-order valence-electron chi connectivity index (χ3n) is 9.76. The minimum Gasteiger partial charge on any atom is -0.457 e. The number of aromatic nitrogens is 1. The quantitative estimate of drug-likeness (QED) is 0.254. The molecule has 0 saturated heterocycles. The zero-order valence-corrected chi connectivity index (χ0v) is 25.6. The van der Waals surface area contributed by atoms with Gasteiger partial charge in [-0.1, -0.05) is 89.6 Å². The summed E-state index contributed by atoms with van der Waals surface area (Å²) in [4.78, 5) is 19.7. The molecule has 0 spiro atoms. The average Bonchev–Trinajstić information content (AvgIpc) is 3.36. The molecule has 1 unspecified atom stereocenters. The van der Waals surface area contributed by atoms with E-state index in [2.05, 4.69) is 88.1 Å². The standard InChI is InChI=1S/C37H44N2O3/c1-24(2)35-34-30(29-13-9-10-14-32(29)38-34)21-22-39(35)36(40)42-33-23-25(3)15-20-31(33)37(4,5)26-16-18-28(19-17-26)41-27-11-7-6-8-12-27/h6-14,16-19,24-25,31,33,35,38H,15,20-23H2,1-5H3/t25-,31-,33-,35?/m1/s1. The Morgan fingerprint density at radius 3 is 2.36 bits per heavy atom. The Morgan fingerprint density at radius 1 is 0.929 bits per heavy atom. The molecule has 1 fully saturated rings. The molecule has 2 aliphatic rings. The molecule has 1 aromatic heterocycles. The Bertz CT molecular complexity index is 1520. The molecule has 1 amide bonds. The molecule has 0 bridgehead atoms. The van der Waals surface area contributed by atoms with Crippen LogP contribution in [0, 0.1) is 17.8 Å². The summed E-state index contributed by atoms with van der Waals surface area (Å²) in [6, 6.07) is 26.8. The van der Waals surface area contributed by atoms with Gasteiger partial charge in [0.2, 0.25) is 0 Å². The van der Waals surface area contributed by atoms with Crippen molar-refractivity contribution in [3.05, 3.63) is 95.7 Å². The number of nitrogens with one attached hydrogen (secondary N) is 1. The van der Waals surface area contributed by atoms with E-state index >= 15 is 0 Å². The number of H-pyrrole nitrogens is 1. The molecule has 6 rings (SSSR count). The Hall–Kier alpha value is -3.73. The van der Waals surface area contributed by atoms with Gasteiger partial charge in [-0.25, -0.2) is 4.79 Å². The van der Waals surface area contributed by atoms with E-state index in [1.807, 2.05) is 35.2 Å². The van der Waals surface area contributed by atoms with Crippen molar-refractivity contribution in [1.82, 2.24) is 9.88 Å². The normalized spacial score (nSPS) is 22.7. The van der Waals surface area contributed by atoms with Crippen LogP contribution >= 0.6 is 0 Å². The molecule has 2 heterocycles. The summed E-state index contributed by atoms with van der Waals surface area (Å²) in [5, 5.41) is 1.27. The van der Waals surface area contributed by atoms with Gasteiger partial charge in [-0.3, -0.25) is 4.90 Å². The van der Waals surface area contributed by atoms with E-state index in [9.17, 15) is 4.79 Å². The molecule has 0 radical (unpaired) electrons. The van der Waals surface area contributed by atoms with Gasteiger partial charge in [-0.05, 0) is 78.0 Å². The molecule has 1 aliphatic carbocycles. The number of nitrogens with zero attached hydrogens (tertiary/aromatic N) is 1. The maximum Gasteiger partial charge on any atom is 0.410 e. The number of hydrogen-bond acceptors (Lipinski definition) is 3. The molecule has 1 aliphatic heterocycles. The Balaban J connectivity index is 1.22. The van der Waals surface area contributed by atoms with Crippen molar-refractivity contribution in [2.45, 2.75) is 77.9 Å². The predicted octanol–water partition coefficient (Wildman–Crippen LogP) is 9.43. The number of amides is 1. The Kier molecular flexibility index (Phi) is 7.78. The Morgan fingerprint density at radius 2 is 1.62 bits per heavy atom. The second kappa shape index (κ2) is 11.5. The number of benzene rings is 3. The number of rotatable bonds is 6. The van der Waals surface area contributed by atoms with E-state index in [0.29, 0.717) is 12.5 Å². The molecule has 1 N–H and O–H groups in total. The highest BCUT2D eigenvalue weighted by atomic mass is 16.6. The summed E-state index contributed by atoms with van der Waals surface area (Å²) in [5.41, 5.74) is 4.73. The largest absolute Gasteiger partial charge is 0.457 e. The van der Waals surface area contributed by atoms with Gasteiger partial charge in [0.15, 0.2) is 0 Å². The third kappa shape index (κ3) is 5.42. The van der Waals surface area contributed by atoms with Crippen LogP contribution < -0.4 is 4.74 Å². The number of carbonyl (C=O) groups is 1. The van der Waals surface area contributed by atoms with E-state index in [-0.39, 0.29) is 35.5 Å². The van der Waals surface area contributed by atoms with Gasteiger partial charge in [0.05, 0.1) is 6.04 Å². The molecule has 4 aromatic rings. The lowest BCUT2D eigenvalue weighted by Gasteiger charge is -2.45. The van der Waals surface area contributed by atoms with Crippen molar-refractivity contribution in [3.8, 4) is 11.5 Å². The summed E-state index contributed by atoms with van der Waals surface area (Å²) < 4.78 is 12.6. The van der Waals surface area contributed by atoms with Gasteiger partial charge < -0.3 is 14.5 Å². The van der Waals surface area contributed by atoms with Gasteiger partial charge in [0.1, 0.15) is 17.6 Å². The van der Waals surface area contributed by atoms with Crippen LogP contribution in [0.5, 0.6) is 11.5 Å². The predicted molar refractivity (Wildman–Crippen MR) is 169 cm³/mol. The van der Waals surface area contributed by atoms with Crippen LogP contribution in [0.2, 0.25) is 0 Å². The van der Waals surface area contributed by atoms with Crippen LogP contribution in [0.4, 0.5) is 4.79 Å². The fourth-order valence-electron chi connectivity index (χ4n) is 7.44. The van der Waals surface area contributed by atoms with Crippen molar-refractivity contribution < 1.29 is 14.3 Å². The molecule has 42 heavy (non-hydrogen) atoms. The van der Waals surface area contributed by atoms with Crippen LogP contribution in [0.15, 0.2) is 78.9 Å². The highest BCUT2D eigenvalue weighted by molar-refractivity contribution is 5.85. The summed E-state index contributed by atoms with van der Waals surface area (Å²) in [6.07, 6.45) is 3.61. The van der Waals surface area contributed by atoms with E-state index in [4.69, 9.17) is 9.47 Å². The van der Waals surface area contributed by atoms with Crippen LogP contribution in [0.1, 0.15) is 76.7 Å². The van der Waals surface area contributed by atoms with E-state index in [1.165, 1.54) is 22.2 Å². The molecular formula is C37H44N2O3. The number of hydrogen-bond donors (Lipinski definition) is 1. The first-order chi connectivity index (χ1) is 20.2. The summed E-state index contributed by atoms with van der Waals surface area (Å²) >= 11 is 0. The molecule has 4 atom stereocenters. The SMILES string of the molecule is CC(C)C1c2[nH]c3ccccc3c2CCN1C(=O)O[C@@H]1C[C@H](C)CC[C@H]1C(C)(C)c1ccc(Oc2ccccc2)cc1. The molecule has 5 nitrogen and oxygen atoms in total. The third-order valence-corrected chi connectivity index (χ3v) is 9.76. The highest BCUT2D eigenvalue weighted by Crippen LogP contribution is 2.45. The van der Waals surface area contributed by atoms with Gasteiger partial charge in [-0.15, -0.1) is 0 Å². The first kappa shape index (κ1) is 28.4. The van der Waals surface area contributed by atoms with Gasteiger partial charge >= 0.3 is 6.09 Å². The lowest BCUT2D eigenvalue weighted by atomic mass is 9.64. The second-order valence-electron chi connectivity index (χ2n) is 13.3. The fraction of sp³-hybridized carbons (Fsp3) is 0.432. The van der Waals surface area contributed by atoms with Gasteiger partial charge in [0, 0.05) is 29.1 Å². The molecular weight excluding hydrogens is 520 g/mol. The maximum atomic E-state index is 14.0. The van der Waals surface area contributed by atoms with Crippen molar-refractivity contribution in [2.75, 3.05) is 6.54 Å². The van der Waals surface area contributed by atoms with Crippen LogP contribution in [0.3, 0.4) is 0 Å². The van der Waals surface area contributed by atoms with E-state index in [1.54, 1.807) is 0 Å². The fourth-order valence-corrected chi connectivity index (χ4v) is 7.44. The Labute approximate surface area is 250 Å². The van der Waals surface area contributed by atoms with Crippen molar-refractivity contribution in [3.63, 3.8) is 0 Å². The topological polar surface area (TPSA) is 54.6 Å². The lowest BCUT2D eigenvalue weighted by Crippen LogP contribution is -2.48. The average molecular weight is 565 g/mol. The number of para-hydroxylation sites is 2. The number of carbonyl (C=O) groups excluding carboxylic acids is 1. The zero-order chi connectivity index (χ0) is 29.4. The number of aromatic amines is 1. The summed E-state index contributed by atoms with van der Waals surface area (Å²) in [7, 11) is 0. The first-order valence-electron chi connectivity index (χ1n) is 15.6. The molecule has 3 aromatic carbocycles. The van der Waals surface area contributed by atoms with Crippen LogP contribution in [0.25, 0.3) is 10.9 Å². The first-order valence-corrected chi connectivity index (χ1v) is 15.6. The van der Waals surface area contributed by atoms with Crippen molar-refractivity contribution >= 4 is 17.0 Å². The van der Waals surface area contributed by atoms with Gasteiger partial charge in [-0.2, -0.15) is 0 Å². The second-order valence-corrected chi connectivity index (χ2v) is 13.3. The molecule has 5 heteroatoms. The van der Waals surface area contributed by atoms with Crippen LogP contribution in [-0.2, 0) is 16.6 Å². The van der Waals surface area contributed by atoms with Gasteiger partial charge in [0.25, 0.3) is 0 Å².